The maximum Gasteiger partial charge on any atom is 0.255 e. The van der Waals surface area contributed by atoms with Crippen molar-refractivity contribution in [2.75, 3.05) is 41.1 Å². The second kappa shape index (κ2) is 9.26. The summed E-state index contributed by atoms with van der Waals surface area (Å²) in [7, 11) is 3.26. The minimum atomic E-state index is -0.271. The quantitative estimate of drug-likeness (QED) is 0.564. The van der Waals surface area contributed by atoms with Crippen molar-refractivity contribution < 1.29 is 14.3 Å². The van der Waals surface area contributed by atoms with Crippen molar-refractivity contribution in [1.29, 1.82) is 0 Å². The van der Waals surface area contributed by atoms with Crippen LogP contribution >= 0.6 is 0 Å². The number of fused-ring (bicyclic) bond motifs is 1. The van der Waals surface area contributed by atoms with E-state index in [9.17, 15) is 9.59 Å². The lowest BCUT2D eigenvalue weighted by molar-refractivity contribution is -0.118. The van der Waals surface area contributed by atoms with E-state index in [2.05, 4.69) is 20.6 Å². The standard InChI is InChI=1S/C25H23N7O3/c1-31-20-15-27-25(30-23(20)32(13-10-22(31)33)18-4-3-5-18)29-19-7-6-16(14-21(19)35-2)24(34)28-17-8-11-26-12-9-17/h3-9,11-12,14-15H,10,13H2,1-2H3,(H,26,28,34)(H,27,29,30). The zero-order valence-corrected chi connectivity index (χ0v) is 19.2. The maximum absolute atomic E-state index is 12.7. The van der Waals surface area contributed by atoms with Crippen LogP contribution < -0.4 is 25.2 Å². The van der Waals surface area contributed by atoms with Gasteiger partial charge in [-0.15, -0.1) is 0 Å². The molecule has 1 aliphatic carbocycles. The molecule has 10 nitrogen and oxygen atoms in total. The van der Waals surface area contributed by atoms with E-state index in [1.54, 1.807) is 60.9 Å². The fourth-order valence-corrected chi connectivity index (χ4v) is 3.79. The number of hydrogen-bond acceptors (Lipinski definition) is 8. The monoisotopic (exact) mass is 469 g/mol. The zero-order valence-electron chi connectivity index (χ0n) is 19.2. The normalized spacial score (nSPS) is 14.5. The average Bonchev–Trinajstić information content (AvgIpc) is 2.96. The first-order chi connectivity index (χ1) is 17.0. The van der Waals surface area contributed by atoms with Crippen molar-refractivity contribution in [2.24, 2.45) is 0 Å². The SMILES string of the molecule is COc1cc(C(=O)Nc2ccncc2)ccc1Nc1ncc2c(n1)N(C1=CC=C1)CCC(=O)N2C. The summed E-state index contributed by atoms with van der Waals surface area (Å²) in [5, 5.41) is 6.00. The molecule has 176 valence electrons. The average molecular weight is 470 g/mol. The number of nitrogens with zero attached hydrogens (tertiary/aromatic N) is 5. The molecule has 2 N–H and O–H groups in total. The lowest BCUT2D eigenvalue weighted by atomic mass is 10.1. The molecular weight excluding hydrogens is 446 g/mol. The molecule has 0 unspecified atom stereocenters. The van der Waals surface area contributed by atoms with Crippen molar-refractivity contribution >= 4 is 40.6 Å². The highest BCUT2D eigenvalue weighted by atomic mass is 16.5. The number of benzene rings is 1. The number of hydrogen-bond donors (Lipinski definition) is 2. The second-order valence-corrected chi connectivity index (χ2v) is 7.94. The van der Waals surface area contributed by atoms with Gasteiger partial charge in [0.05, 0.1) is 19.0 Å². The van der Waals surface area contributed by atoms with Gasteiger partial charge in [0.2, 0.25) is 11.9 Å². The van der Waals surface area contributed by atoms with Crippen LogP contribution in [0.15, 0.2) is 72.8 Å². The van der Waals surface area contributed by atoms with Crippen LogP contribution in [0.2, 0.25) is 0 Å². The first-order valence-corrected chi connectivity index (χ1v) is 11.0. The summed E-state index contributed by atoms with van der Waals surface area (Å²) in [5.74, 6) is 1.17. The third-order valence-corrected chi connectivity index (χ3v) is 5.78. The number of amides is 2. The Labute approximate surface area is 202 Å². The number of anilines is 5. The van der Waals surface area contributed by atoms with Crippen LogP contribution in [-0.2, 0) is 4.79 Å². The van der Waals surface area contributed by atoms with E-state index >= 15 is 0 Å². The smallest absolute Gasteiger partial charge is 0.255 e. The Kier molecular flexibility index (Phi) is 5.84. The van der Waals surface area contributed by atoms with E-state index in [0.29, 0.717) is 53.1 Å². The van der Waals surface area contributed by atoms with E-state index in [-0.39, 0.29) is 11.8 Å². The van der Waals surface area contributed by atoms with Gasteiger partial charge in [-0.25, -0.2) is 4.98 Å². The van der Waals surface area contributed by atoms with Gasteiger partial charge in [-0.1, -0.05) is 6.08 Å². The van der Waals surface area contributed by atoms with Crippen LogP contribution in [0.5, 0.6) is 5.75 Å². The third kappa shape index (κ3) is 4.41. The predicted molar refractivity (Wildman–Crippen MR) is 133 cm³/mol. The van der Waals surface area contributed by atoms with E-state index < -0.39 is 0 Å². The van der Waals surface area contributed by atoms with E-state index in [4.69, 9.17) is 9.72 Å². The van der Waals surface area contributed by atoms with Crippen molar-refractivity contribution in [3.63, 3.8) is 0 Å². The summed E-state index contributed by atoms with van der Waals surface area (Å²) in [4.78, 5) is 41.8. The molecule has 0 saturated heterocycles. The van der Waals surface area contributed by atoms with Gasteiger partial charge < -0.3 is 25.2 Å². The van der Waals surface area contributed by atoms with Crippen LogP contribution in [0.25, 0.3) is 0 Å². The molecule has 5 rings (SSSR count). The van der Waals surface area contributed by atoms with Gasteiger partial charge in [0, 0.05) is 49.4 Å². The number of allylic oxidation sites excluding steroid dienone is 3. The molecule has 1 aliphatic heterocycles. The Bertz CT molecular complexity index is 1350. The minimum absolute atomic E-state index is 0.00395. The number of ether oxygens (including phenoxy) is 1. The summed E-state index contributed by atoms with van der Waals surface area (Å²) < 4.78 is 5.52. The lowest BCUT2D eigenvalue weighted by Crippen LogP contribution is -2.26. The molecule has 3 heterocycles. The second-order valence-electron chi connectivity index (χ2n) is 7.94. The fourth-order valence-electron chi connectivity index (χ4n) is 3.79. The molecule has 2 aromatic heterocycles. The molecule has 1 aromatic carbocycles. The van der Waals surface area contributed by atoms with Gasteiger partial charge >= 0.3 is 0 Å². The highest BCUT2D eigenvalue weighted by Gasteiger charge is 2.28. The van der Waals surface area contributed by atoms with Gasteiger partial charge in [0.1, 0.15) is 11.4 Å². The molecule has 0 spiro atoms. The Morgan fingerprint density at radius 3 is 2.69 bits per heavy atom. The summed E-state index contributed by atoms with van der Waals surface area (Å²) in [6, 6.07) is 8.49. The number of nitrogens with one attached hydrogen (secondary N) is 2. The Morgan fingerprint density at radius 1 is 1.17 bits per heavy atom. The third-order valence-electron chi connectivity index (χ3n) is 5.78. The number of pyridine rings is 1. The molecule has 35 heavy (non-hydrogen) atoms. The summed E-state index contributed by atoms with van der Waals surface area (Å²) in [6.45, 7) is 0.521. The van der Waals surface area contributed by atoms with Crippen LogP contribution in [0, 0.1) is 0 Å². The molecule has 10 heteroatoms. The maximum atomic E-state index is 12.7. The van der Waals surface area contributed by atoms with Crippen LogP contribution in [0.3, 0.4) is 0 Å². The van der Waals surface area contributed by atoms with E-state index in [1.165, 1.54) is 7.11 Å². The molecule has 0 atom stereocenters. The number of methoxy groups -OCH3 is 1. The van der Waals surface area contributed by atoms with Crippen molar-refractivity contribution in [2.45, 2.75) is 6.42 Å². The Balaban J connectivity index is 1.41. The van der Waals surface area contributed by atoms with Crippen LogP contribution in [0.4, 0.5) is 28.8 Å². The molecule has 0 saturated carbocycles. The highest BCUT2D eigenvalue weighted by Crippen LogP contribution is 2.35. The largest absolute Gasteiger partial charge is 0.495 e. The molecule has 0 radical (unpaired) electrons. The van der Waals surface area contributed by atoms with Crippen LogP contribution in [-0.4, -0.2) is 47.5 Å². The summed E-state index contributed by atoms with van der Waals surface area (Å²) in [6.07, 6.45) is 11.1. The number of aromatic nitrogens is 3. The summed E-state index contributed by atoms with van der Waals surface area (Å²) in [5.41, 5.74) is 3.30. The van der Waals surface area contributed by atoms with E-state index in [0.717, 1.165) is 5.70 Å². The molecule has 0 bridgehead atoms. The van der Waals surface area contributed by atoms with Gasteiger partial charge in [0.15, 0.2) is 5.82 Å². The number of rotatable bonds is 6. The molecule has 3 aromatic rings. The lowest BCUT2D eigenvalue weighted by Gasteiger charge is -2.27. The minimum Gasteiger partial charge on any atom is -0.495 e. The van der Waals surface area contributed by atoms with E-state index in [1.807, 2.05) is 23.1 Å². The Morgan fingerprint density at radius 2 is 1.97 bits per heavy atom. The van der Waals surface area contributed by atoms with Crippen molar-refractivity contribution in [1.82, 2.24) is 15.0 Å². The summed E-state index contributed by atoms with van der Waals surface area (Å²) >= 11 is 0. The van der Waals surface area contributed by atoms with Gasteiger partial charge in [-0.2, -0.15) is 4.98 Å². The first-order valence-electron chi connectivity index (χ1n) is 11.0. The van der Waals surface area contributed by atoms with Gasteiger partial charge in [-0.05, 0) is 42.5 Å². The highest BCUT2D eigenvalue weighted by molar-refractivity contribution is 6.05. The predicted octanol–water partition coefficient (Wildman–Crippen LogP) is 3.50. The zero-order chi connectivity index (χ0) is 24.4. The van der Waals surface area contributed by atoms with Crippen molar-refractivity contribution in [3.8, 4) is 5.75 Å². The molecule has 2 aliphatic rings. The van der Waals surface area contributed by atoms with Gasteiger partial charge in [-0.3, -0.25) is 14.6 Å². The number of carbonyl (C=O) groups is 2. The molecule has 2 amide bonds. The topological polar surface area (TPSA) is 113 Å². The van der Waals surface area contributed by atoms with Gasteiger partial charge in [0.25, 0.3) is 5.91 Å². The molecular formula is C25H23N7O3. The number of carbonyl (C=O) groups excluding carboxylic acids is 2. The first kappa shape index (κ1) is 22.1. The fraction of sp³-hybridized carbons (Fsp3) is 0.160. The molecule has 0 fully saturated rings. The Hall–Kier alpha value is -4.73. The van der Waals surface area contributed by atoms with Crippen LogP contribution in [0.1, 0.15) is 16.8 Å². The van der Waals surface area contributed by atoms with Crippen molar-refractivity contribution in [3.05, 3.63) is 78.4 Å².